The number of hydrogen-bond acceptors (Lipinski definition) is 4. The molecule has 6 nitrogen and oxygen atoms in total. The molecule has 0 aliphatic heterocycles. The minimum atomic E-state index is -4.70. The molecule has 0 radical (unpaired) electrons. The second kappa shape index (κ2) is 20.1. The van der Waals surface area contributed by atoms with Crippen molar-refractivity contribution in [3.05, 3.63) is 277 Å². The van der Waals surface area contributed by atoms with Crippen LogP contribution >= 0.6 is 0 Å². The summed E-state index contributed by atoms with van der Waals surface area (Å²) < 4.78 is 91.6. The number of anilines is 6. The highest BCUT2D eigenvalue weighted by atomic mass is 19.4. The van der Waals surface area contributed by atoms with Crippen molar-refractivity contribution in [2.45, 2.75) is 12.4 Å². The second-order valence-electron chi connectivity index (χ2n) is 19.7. The van der Waals surface area contributed by atoms with Crippen LogP contribution in [0.1, 0.15) is 22.3 Å². The van der Waals surface area contributed by atoms with E-state index in [9.17, 15) is 36.9 Å². The lowest BCUT2D eigenvalue weighted by molar-refractivity contribution is -0.138. The van der Waals surface area contributed by atoms with Gasteiger partial charge in [-0.1, -0.05) is 133 Å². The van der Waals surface area contributed by atoms with E-state index >= 15 is 0 Å². The van der Waals surface area contributed by atoms with Gasteiger partial charge in [-0.15, -0.1) is 0 Å². The summed E-state index contributed by atoms with van der Waals surface area (Å²) in [7, 11) is 0. The van der Waals surface area contributed by atoms with Crippen molar-refractivity contribution < 1.29 is 26.3 Å². The van der Waals surface area contributed by atoms with Gasteiger partial charge in [0.05, 0.1) is 50.1 Å². The Hall–Kier alpha value is -10.8. The molecule has 0 atom stereocenters. The molecule has 0 aliphatic rings. The molecule has 2 heterocycles. The average Bonchev–Trinajstić information content (AvgIpc) is 2.85. The first-order valence-electron chi connectivity index (χ1n) is 26.2. The number of rotatable bonds is 10. The molecular formula is C70H42F6N6. The lowest BCUT2D eigenvalue weighted by Gasteiger charge is -2.28. The van der Waals surface area contributed by atoms with Gasteiger partial charge in [-0.2, -0.15) is 36.9 Å². The molecule has 0 saturated carbocycles. The van der Waals surface area contributed by atoms with E-state index < -0.39 is 23.5 Å². The number of benzene rings is 11. The second-order valence-corrected chi connectivity index (χ2v) is 19.7. The highest BCUT2D eigenvalue weighted by Gasteiger charge is 2.36. The van der Waals surface area contributed by atoms with Crippen LogP contribution in [0.25, 0.3) is 77.2 Å². The zero-order valence-electron chi connectivity index (χ0n) is 43.2. The van der Waals surface area contributed by atoms with E-state index in [-0.39, 0.29) is 38.8 Å². The molecule has 0 spiro atoms. The fourth-order valence-electron chi connectivity index (χ4n) is 11.5. The van der Waals surface area contributed by atoms with Gasteiger partial charge < -0.3 is 18.9 Å². The van der Waals surface area contributed by atoms with Crippen LogP contribution in [-0.4, -0.2) is 9.13 Å². The fraction of sp³-hybridized carbons (Fsp3) is 0.0286. The Labute approximate surface area is 466 Å². The Balaban J connectivity index is 1.19. The highest BCUT2D eigenvalue weighted by molar-refractivity contribution is 6.13. The van der Waals surface area contributed by atoms with Crippen molar-refractivity contribution >= 4 is 77.7 Å². The molecular weight excluding hydrogens is 1040 g/mol. The molecule has 0 fully saturated rings. The lowest BCUT2D eigenvalue weighted by Crippen LogP contribution is -2.12. The van der Waals surface area contributed by atoms with Crippen molar-refractivity contribution in [1.82, 2.24) is 9.13 Å². The quantitative estimate of drug-likeness (QED) is 0.128. The number of aromatic nitrogens is 2. The Morgan fingerprint density at radius 2 is 0.622 bits per heavy atom. The average molecular weight is 1080 g/mol. The molecule has 0 saturated heterocycles. The topological polar surface area (TPSA) is 63.9 Å². The molecule has 11 aromatic carbocycles. The minimum absolute atomic E-state index is 0.0213. The normalized spacial score (nSPS) is 11.8. The maximum absolute atomic E-state index is 14.8. The third kappa shape index (κ3) is 8.62. The van der Waals surface area contributed by atoms with Crippen LogP contribution in [0.2, 0.25) is 0 Å². The number of alkyl halides is 6. The number of halogens is 6. The summed E-state index contributed by atoms with van der Waals surface area (Å²) in [5.74, 6) is 0. The Bertz CT molecular complexity index is 4580. The monoisotopic (exact) mass is 1080 g/mol. The molecule has 2 aromatic heterocycles. The predicted molar refractivity (Wildman–Crippen MR) is 315 cm³/mol. The van der Waals surface area contributed by atoms with E-state index in [4.69, 9.17) is 0 Å². The molecule has 394 valence electrons. The number of hydrogen-bond donors (Lipinski definition) is 0. The summed E-state index contributed by atoms with van der Waals surface area (Å²) in [4.78, 5) is 4.19. The van der Waals surface area contributed by atoms with E-state index in [1.54, 1.807) is 57.7 Å². The number of para-hydroxylation sites is 6. The summed E-state index contributed by atoms with van der Waals surface area (Å²) in [6.45, 7) is 0. The van der Waals surface area contributed by atoms with Crippen molar-refractivity contribution in [2.75, 3.05) is 9.80 Å². The zero-order valence-corrected chi connectivity index (χ0v) is 43.2. The first-order chi connectivity index (χ1) is 39.9. The molecule has 0 bridgehead atoms. The predicted octanol–water partition coefficient (Wildman–Crippen LogP) is 19.9. The molecule has 0 N–H and O–H groups in total. The van der Waals surface area contributed by atoms with Crippen molar-refractivity contribution in [3.63, 3.8) is 0 Å². The largest absolute Gasteiger partial charge is 0.416 e. The highest BCUT2D eigenvalue weighted by Crippen LogP contribution is 2.51. The van der Waals surface area contributed by atoms with Gasteiger partial charge >= 0.3 is 12.4 Å². The van der Waals surface area contributed by atoms with E-state index in [0.29, 0.717) is 49.6 Å². The summed E-state index contributed by atoms with van der Waals surface area (Å²) in [5.41, 5.74) is 6.87. The van der Waals surface area contributed by atoms with Crippen LogP contribution in [0.15, 0.2) is 255 Å². The maximum atomic E-state index is 14.8. The minimum Gasteiger partial charge on any atom is -0.311 e. The van der Waals surface area contributed by atoms with Gasteiger partial charge in [0.25, 0.3) is 0 Å². The summed E-state index contributed by atoms with van der Waals surface area (Å²) in [6.07, 6.45) is -9.40. The van der Waals surface area contributed by atoms with Crippen LogP contribution in [0.5, 0.6) is 0 Å². The van der Waals surface area contributed by atoms with Gasteiger partial charge in [-0.05, 0) is 132 Å². The summed E-state index contributed by atoms with van der Waals surface area (Å²) in [6, 6.07) is 80.6. The van der Waals surface area contributed by atoms with Crippen LogP contribution in [-0.2, 0) is 12.4 Å². The number of fused-ring (bicyclic) bond motifs is 6. The summed E-state index contributed by atoms with van der Waals surface area (Å²) >= 11 is 0. The first-order valence-corrected chi connectivity index (χ1v) is 26.2. The Morgan fingerprint density at radius 1 is 0.305 bits per heavy atom. The van der Waals surface area contributed by atoms with Gasteiger partial charge in [-0.25, -0.2) is 0 Å². The van der Waals surface area contributed by atoms with Crippen LogP contribution < -0.4 is 9.80 Å². The van der Waals surface area contributed by atoms with Gasteiger partial charge in [0.15, 0.2) is 0 Å². The van der Waals surface area contributed by atoms with Crippen LogP contribution in [0.4, 0.5) is 60.5 Å². The van der Waals surface area contributed by atoms with Gasteiger partial charge in [0.2, 0.25) is 0 Å². The third-order valence-electron chi connectivity index (χ3n) is 15.0. The maximum Gasteiger partial charge on any atom is 0.416 e. The van der Waals surface area contributed by atoms with E-state index in [1.165, 1.54) is 12.1 Å². The molecule has 0 unspecified atom stereocenters. The van der Waals surface area contributed by atoms with Crippen molar-refractivity contribution in [3.8, 4) is 45.8 Å². The standard InChI is InChI=1S/C70H42F6N6/c71-69(72,73)47-33-39-63-57(41-47)55-25-13-15-27-61(55)81(63)67-59(43-77)65(45-29-35-53(36-30-45)79(49-17-5-1-6-18-49)50-19-7-2-8-20-50)66(46-31-37-54(38-32-46)80(51-21-9-3-10-22-51)52-23-11-4-12-24-52)68(60(67)44-78)82-62-28-16-14-26-56(62)58-42-48(70(74,75)76)34-40-64(58)82/h1-42H. The van der Waals surface area contributed by atoms with Gasteiger partial charge in [0.1, 0.15) is 17.7 Å². The molecule has 0 aliphatic carbocycles. The first kappa shape index (κ1) is 50.7. The zero-order chi connectivity index (χ0) is 56.3. The summed E-state index contributed by atoms with van der Waals surface area (Å²) in [5, 5.41) is 25.6. The Kier molecular flexibility index (Phi) is 12.4. The Morgan fingerprint density at radius 3 is 0.988 bits per heavy atom. The van der Waals surface area contributed by atoms with Gasteiger partial charge in [-0.3, -0.25) is 0 Å². The molecule has 0 amide bonds. The van der Waals surface area contributed by atoms with Crippen molar-refractivity contribution in [2.24, 2.45) is 0 Å². The fourth-order valence-corrected chi connectivity index (χ4v) is 11.5. The molecule has 13 aromatic rings. The molecule has 12 heteroatoms. The number of nitriles is 2. The van der Waals surface area contributed by atoms with Crippen LogP contribution in [0.3, 0.4) is 0 Å². The molecule has 13 rings (SSSR count). The van der Waals surface area contributed by atoms with Crippen LogP contribution in [0, 0.1) is 22.7 Å². The number of nitrogens with zero attached hydrogens (tertiary/aromatic N) is 6. The van der Waals surface area contributed by atoms with E-state index in [0.717, 1.165) is 58.4 Å². The van der Waals surface area contributed by atoms with E-state index in [1.807, 2.05) is 170 Å². The molecule has 82 heavy (non-hydrogen) atoms. The lowest BCUT2D eigenvalue weighted by atomic mass is 9.85. The van der Waals surface area contributed by atoms with Crippen molar-refractivity contribution in [1.29, 1.82) is 10.5 Å². The smallest absolute Gasteiger partial charge is 0.311 e. The SMILES string of the molecule is N#Cc1c(-c2ccc(N(c3ccccc3)c3ccccc3)cc2)c(-c2ccc(N(c3ccccc3)c3ccccc3)cc2)c(-n2c3ccccc3c3cc(C(F)(F)F)ccc32)c(C#N)c1-n1c2ccccc2c2cc(C(F)(F)F)ccc21. The third-order valence-corrected chi connectivity index (χ3v) is 15.0. The van der Waals surface area contributed by atoms with Gasteiger partial charge in [0, 0.05) is 66.8 Å². The van der Waals surface area contributed by atoms with E-state index in [2.05, 4.69) is 21.9 Å².